The van der Waals surface area contributed by atoms with Crippen LogP contribution in [0.2, 0.25) is 0 Å². The summed E-state index contributed by atoms with van der Waals surface area (Å²) in [4.78, 5) is 24.1. The quantitative estimate of drug-likeness (QED) is 0.168. The second kappa shape index (κ2) is 17.3. The molecule has 0 aliphatic carbocycles. The Morgan fingerprint density at radius 2 is 1.91 bits per heavy atom. The number of benzene rings is 1. The number of nitrogens with one attached hydrogen (secondary N) is 3. The fourth-order valence-corrected chi connectivity index (χ4v) is 2.80. The zero-order valence-electron chi connectivity index (χ0n) is 20.8. The van der Waals surface area contributed by atoms with Gasteiger partial charge in [-0.2, -0.15) is 0 Å². The first kappa shape index (κ1) is 28.8. The molecule has 1 rings (SSSR count). The lowest BCUT2D eigenvalue weighted by atomic mass is 10.2. The van der Waals surface area contributed by atoms with Crippen LogP contribution < -0.4 is 16.0 Å². The van der Waals surface area contributed by atoms with Gasteiger partial charge in [0.1, 0.15) is 18.3 Å². The Bertz CT molecular complexity index is 885. The molecule has 0 aliphatic heterocycles. The maximum atomic E-state index is 13.4. The third kappa shape index (κ3) is 14.0. The summed E-state index contributed by atoms with van der Waals surface area (Å²) >= 11 is 0. The molecular weight excluding hydrogens is 433 g/mol. The van der Waals surface area contributed by atoms with Crippen molar-refractivity contribution in [2.45, 2.75) is 19.3 Å². The average Bonchev–Trinajstić information content (AvgIpc) is 2.76. The Balaban J connectivity index is 2.76. The van der Waals surface area contributed by atoms with E-state index >= 15 is 0 Å². The molecule has 1 aromatic carbocycles. The lowest BCUT2D eigenvalue weighted by Crippen LogP contribution is -2.33. The molecule has 0 heterocycles. The molecule has 0 atom stereocenters. The highest BCUT2D eigenvalue weighted by molar-refractivity contribution is 6.02. The van der Waals surface area contributed by atoms with Gasteiger partial charge in [-0.15, -0.1) is 0 Å². The van der Waals surface area contributed by atoms with Gasteiger partial charge in [0, 0.05) is 31.4 Å². The molecule has 0 fully saturated rings. The van der Waals surface area contributed by atoms with Crippen LogP contribution in [0.1, 0.15) is 19.3 Å². The van der Waals surface area contributed by atoms with Crippen molar-refractivity contribution in [1.29, 1.82) is 0 Å². The summed E-state index contributed by atoms with van der Waals surface area (Å²) in [5.41, 5.74) is 1.27. The topological polar surface area (TPSA) is 84.4 Å². The maximum absolute atomic E-state index is 13.4. The molecule has 0 saturated heterocycles. The van der Waals surface area contributed by atoms with E-state index in [0.717, 1.165) is 19.4 Å². The number of amidine groups is 1. The Kier molecular flexibility index (Phi) is 14.6. The average molecular weight is 472 g/mol. The first-order chi connectivity index (χ1) is 16.3. The van der Waals surface area contributed by atoms with Crippen LogP contribution in [0.5, 0.6) is 0 Å². The molecule has 0 saturated carbocycles. The van der Waals surface area contributed by atoms with Crippen LogP contribution in [0, 0.1) is 17.7 Å². The number of aliphatic imine (C=N–C) groups is 2. The molecule has 0 aliphatic rings. The minimum absolute atomic E-state index is 0.00320. The fourth-order valence-electron chi connectivity index (χ4n) is 2.80. The van der Waals surface area contributed by atoms with Gasteiger partial charge in [-0.05, 0) is 72.5 Å². The Hall–Kier alpha value is -3.22. The van der Waals surface area contributed by atoms with Gasteiger partial charge in [0.2, 0.25) is 5.91 Å². The number of halogens is 1. The molecule has 3 N–H and O–H groups in total. The number of amides is 1. The number of carbonyl (C=O) groups excluding carboxylic acids is 1. The molecule has 8 nitrogen and oxygen atoms in total. The van der Waals surface area contributed by atoms with E-state index in [2.05, 4.69) is 49.4 Å². The largest absolute Gasteiger partial charge is 0.369 e. The molecule has 0 bridgehead atoms. The predicted octanol–water partition coefficient (Wildman–Crippen LogP) is 2.18. The van der Waals surface area contributed by atoms with Gasteiger partial charge in [-0.3, -0.25) is 9.79 Å². The van der Waals surface area contributed by atoms with Gasteiger partial charge in [-0.1, -0.05) is 17.9 Å². The molecule has 34 heavy (non-hydrogen) atoms. The van der Waals surface area contributed by atoms with Gasteiger partial charge in [-0.25, -0.2) is 9.38 Å². The number of unbranched alkanes of at least 4 members (excludes halogenated alkanes) is 1. The molecule has 0 spiro atoms. The molecule has 0 unspecified atom stereocenters. The first-order valence-electron chi connectivity index (χ1n) is 11.3. The van der Waals surface area contributed by atoms with Crippen molar-refractivity contribution in [3.8, 4) is 11.8 Å². The summed E-state index contributed by atoms with van der Waals surface area (Å²) in [5.74, 6) is 6.52. The second-order valence-corrected chi connectivity index (χ2v) is 8.15. The van der Waals surface area contributed by atoms with E-state index in [-0.39, 0.29) is 18.4 Å². The van der Waals surface area contributed by atoms with E-state index in [1.54, 1.807) is 18.3 Å². The summed E-state index contributed by atoms with van der Waals surface area (Å²) in [6.45, 7) is 6.38. The Morgan fingerprint density at radius 3 is 2.59 bits per heavy atom. The van der Waals surface area contributed by atoms with Crippen LogP contribution in [0.4, 0.5) is 10.1 Å². The molecule has 1 amide bonds. The third-order valence-corrected chi connectivity index (χ3v) is 4.38. The molecule has 0 aromatic heterocycles. The maximum Gasteiger partial charge on any atom is 0.234 e. The van der Waals surface area contributed by atoms with Gasteiger partial charge in [0.25, 0.3) is 0 Å². The summed E-state index contributed by atoms with van der Waals surface area (Å²) in [6.07, 6.45) is 3.86. The third-order valence-electron chi connectivity index (χ3n) is 4.38. The number of hydrogen-bond donors (Lipinski definition) is 3. The second-order valence-electron chi connectivity index (χ2n) is 8.15. The number of likely N-dealkylation sites (N-methyl/N-ethyl adjacent to an activating group) is 1. The van der Waals surface area contributed by atoms with Crippen LogP contribution in [0.3, 0.4) is 0 Å². The minimum atomic E-state index is -0.309. The van der Waals surface area contributed by atoms with E-state index in [0.29, 0.717) is 43.2 Å². The van der Waals surface area contributed by atoms with Gasteiger partial charge in [0.05, 0.1) is 12.1 Å². The van der Waals surface area contributed by atoms with Crippen molar-refractivity contribution in [3.63, 3.8) is 0 Å². The normalized spacial score (nSPS) is 11.7. The zero-order chi connectivity index (χ0) is 25.2. The van der Waals surface area contributed by atoms with Crippen molar-refractivity contribution >= 4 is 24.1 Å². The van der Waals surface area contributed by atoms with Crippen molar-refractivity contribution in [2.24, 2.45) is 9.98 Å². The van der Waals surface area contributed by atoms with E-state index in [4.69, 9.17) is 0 Å². The molecule has 186 valence electrons. The van der Waals surface area contributed by atoms with Crippen LogP contribution in [0.25, 0.3) is 0 Å². The lowest BCUT2D eigenvalue weighted by molar-refractivity contribution is -0.121. The van der Waals surface area contributed by atoms with E-state index < -0.39 is 0 Å². The molecule has 9 heteroatoms. The zero-order valence-corrected chi connectivity index (χ0v) is 20.8. The smallest absolute Gasteiger partial charge is 0.234 e. The van der Waals surface area contributed by atoms with Crippen molar-refractivity contribution in [1.82, 2.24) is 20.4 Å². The van der Waals surface area contributed by atoms with Crippen LogP contribution in [0.15, 0.2) is 46.0 Å². The standard InChI is InChI=1S/C25H38FN7O/c1-27-18-21(11-7-6-8-14-28-24(34)19-33(4)5)25(29-15-10-16-32(2)3)31-20-30-23-13-9-12-22(26)17-23/h9,12-13,17-18,30H,1,6,8,10,14-16,19-20H2,2-5H3,(H,28,34)(H,29,31)/b21-18-. The van der Waals surface area contributed by atoms with E-state index in [1.165, 1.54) is 12.1 Å². The van der Waals surface area contributed by atoms with Gasteiger partial charge < -0.3 is 25.8 Å². The van der Waals surface area contributed by atoms with E-state index in [9.17, 15) is 9.18 Å². The SMILES string of the molecule is C=N/C=C(C#CCCCNC(=O)CN(C)C)\C(=N/CNc1cccc(F)c1)NCCCN(C)C. The highest BCUT2D eigenvalue weighted by Gasteiger charge is 2.05. The van der Waals surface area contributed by atoms with Gasteiger partial charge >= 0.3 is 0 Å². The van der Waals surface area contributed by atoms with Crippen LogP contribution in [-0.4, -0.2) is 89.3 Å². The van der Waals surface area contributed by atoms with E-state index in [1.807, 2.05) is 33.1 Å². The van der Waals surface area contributed by atoms with Crippen molar-refractivity contribution in [3.05, 3.63) is 41.9 Å². The van der Waals surface area contributed by atoms with Crippen LogP contribution in [-0.2, 0) is 4.79 Å². The Morgan fingerprint density at radius 1 is 1.15 bits per heavy atom. The number of rotatable bonds is 14. The molecule has 0 radical (unpaired) electrons. The lowest BCUT2D eigenvalue weighted by Gasteiger charge is -2.13. The summed E-state index contributed by atoms with van der Waals surface area (Å²) < 4.78 is 13.4. The number of carbonyl (C=O) groups is 1. The fraction of sp³-hybridized carbons (Fsp3) is 0.480. The van der Waals surface area contributed by atoms with Crippen LogP contribution >= 0.6 is 0 Å². The highest BCUT2D eigenvalue weighted by atomic mass is 19.1. The monoisotopic (exact) mass is 471 g/mol. The Labute approximate surface area is 203 Å². The van der Waals surface area contributed by atoms with Crippen molar-refractivity contribution < 1.29 is 9.18 Å². The first-order valence-corrected chi connectivity index (χ1v) is 11.3. The summed E-state index contributed by atoms with van der Waals surface area (Å²) in [5, 5.41) is 9.29. The highest BCUT2D eigenvalue weighted by Crippen LogP contribution is 2.08. The number of hydrogen-bond acceptors (Lipinski definition) is 6. The summed E-state index contributed by atoms with van der Waals surface area (Å²) in [7, 11) is 7.76. The number of anilines is 1. The number of nitrogens with zero attached hydrogens (tertiary/aromatic N) is 4. The minimum Gasteiger partial charge on any atom is -0.369 e. The van der Waals surface area contributed by atoms with Crippen molar-refractivity contribution in [2.75, 3.05) is 66.4 Å². The predicted molar refractivity (Wildman–Crippen MR) is 140 cm³/mol. The molecular formula is C25H38FN7O. The summed E-state index contributed by atoms with van der Waals surface area (Å²) in [6, 6.07) is 6.23. The molecule has 1 aromatic rings. The van der Waals surface area contributed by atoms with Gasteiger partial charge in [0.15, 0.2) is 0 Å².